The molecule has 136 valence electrons. The van der Waals surface area contributed by atoms with Gasteiger partial charge in [-0.1, -0.05) is 62.1 Å². The van der Waals surface area contributed by atoms with Crippen LogP contribution >= 0.6 is 0 Å². The number of aromatic hydroxyl groups is 1. The van der Waals surface area contributed by atoms with E-state index in [-0.39, 0.29) is 17.3 Å². The quantitative estimate of drug-likeness (QED) is 0.833. The summed E-state index contributed by atoms with van der Waals surface area (Å²) >= 11 is 0. The summed E-state index contributed by atoms with van der Waals surface area (Å²) in [6, 6.07) is 11.4. The van der Waals surface area contributed by atoms with Crippen molar-refractivity contribution in [3.63, 3.8) is 0 Å². The predicted octanol–water partition coefficient (Wildman–Crippen LogP) is 4.87. The molecule has 0 amide bonds. The van der Waals surface area contributed by atoms with Crippen molar-refractivity contribution >= 4 is 22.3 Å². The summed E-state index contributed by atoms with van der Waals surface area (Å²) in [5, 5.41) is 12.7. The Labute approximate surface area is 158 Å². The minimum Gasteiger partial charge on any atom is -0.507 e. The van der Waals surface area contributed by atoms with Crippen molar-refractivity contribution in [3.05, 3.63) is 77.9 Å². The lowest BCUT2D eigenvalue weighted by molar-refractivity contribution is -0.137. The number of phenolic OH excluding ortho intramolecular Hbond substituents is 1. The van der Waals surface area contributed by atoms with Crippen LogP contribution in [0.4, 0.5) is 0 Å². The lowest BCUT2D eigenvalue weighted by atomic mass is 9.53. The molecule has 0 bridgehead atoms. The van der Waals surface area contributed by atoms with Gasteiger partial charge in [0.05, 0.1) is 5.41 Å². The largest absolute Gasteiger partial charge is 0.507 e. The van der Waals surface area contributed by atoms with E-state index in [1.807, 2.05) is 49.4 Å². The van der Waals surface area contributed by atoms with Crippen LogP contribution in [0, 0.1) is 11.3 Å². The second-order valence-corrected chi connectivity index (χ2v) is 7.69. The molecule has 0 saturated carbocycles. The van der Waals surface area contributed by atoms with Gasteiger partial charge in [-0.05, 0) is 36.0 Å². The van der Waals surface area contributed by atoms with Crippen molar-refractivity contribution in [1.29, 1.82) is 0 Å². The van der Waals surface area contributed by atoms with E-state index >= 15 is 0 Å². The highest BCUT2D eigenvalue weighted by Gasteiger charge is 2.55. The topological polar surface area (TPSA) is 54.4 Å². The lowest BCUT2D eigenvalue weighted by Crippen LogP contribution is -2.49. The zero-order valence-corrected chi connectivity index (χ0v) is 15.5. The van der Waals surface area contributed by atoms with Gasteiger partial charge in [0.15, 0.2) is 11.6 Å². The number of phenols is 1. The number of allylic oxidation sites excluding steroid dienone is 5. The molecule has 1 N–H and O–H groups in total. The van der Waals surface area contributed by atoms with Crippen LogP contribution in [-0.4, -0.2) is 16.7 Å². The third-order valence-corrected chi connectivity index (χ3v) is 6.31. The Bertz CT molecular complexity index is 1060. The molecule has 0 radical (unpaired) electrons. The van der Waals surface area contributed by atoms with Gasteiger partial charge in [-0.3, -0.25) is 9.59 Å². The van der Waals surface area contributed by atoms with Crippen molar-refractivity contribution < 1.29 is 14.7 Å². The van der Waals surface area contributed by atoms with Gasteiger partial charge in [-0.15, -0.1) is 0 Å². The Morgan fingerprint density at radius 1 is 1.19 bits per heavy atom. The second kappa shape index (κ2) is 6.05. The highest BCUT2D eigenvalue weighted by molar-refractivity contribution is 6.13. The second-order valence-electron chi connectivity index (χ2n) is 7.69. The van der Waals surface area contributed by atoms with E-state index in [0.29, 0.717) is 17.6 Å². The Kier molecular flexibility index (Phi) is 3.92. The summed E-state index contributed by atoms with van der Waals surface area (Å²) in [4.78, 5) is 26.0. The molecule has 2 aliphatic carbocycles. The van der Waals surface area contributed by atoms with Gasteiger partial charge in [-0.2, -0.15) is 0 Å². The molecule has 3 nitrogen and oxygen atoms in total. The van der Waals surface area contributed by atoms with Gasteiger partial charge in [0.2, 0.25) is 0 Å². The molecular formula is C24H22O3. The maximum atomic E-state index is 13.2. The number of fused-ring (bicyclic) bond motifs is 2. The number of carbonyl (C=O) groups is 2. The maximum absolute atomic E-state index is 13.2. The highest BCUT2D eigenvalue weighted by atomic mass is 16.3. The van der Waals surface area contributed by atoms with E-state index in [9.17, 15) is 14.7 Å². The first kappa shape index (κ1) is 17.5. The number of hydrogen-bond donors (Lipinski definition) is 1. The molecule has 2 aromatic rings. The maximum Gasteiger partial charge on any atom is 0.163 e. The Balaban J connectivity index is 1.99. The molecule has 0 aromatic heterocycles. The number of hydrogen-bond acceptors (Lipinski definition) is 3. The molecule has 3 unspecified atom stereocenters. The Morgan fingerprint density at radius 2 is 1.93 bits per heavy atom. The van der Waals surface area contributed by atoms with Crippen LogP contribution in [0.3, 0.4) is 0 Å². The normalized spacial score (nSPS) is 27.8. The van der Waals surface area contributed by atoms with Crippen LogP contribution in [0.2, 0.25) is 0 Å². The molecule has 0 saturated heterocycles. The van der Waals surface area contributed by atoms with Crippen LogP contribution in [0.1, 0.15) is 31.7 Å². The van der Waals surface area contributed by atoms with Crippen LogP contribution in [0.5, 0.6) is 5.75 Å². The van der Waals surface area contributed by atoms with E-state index in [1.165, 1.54) is 6.08 Å². The van der Waals surface area contributed by atoms with Gasteiger partial charge in [-0.25, -0.2) is 0 Å². The average Bonchev–Trinajstić information content (AvgIpc) is 2.67. The van der Waals surface area contributed by atoms with Crippen molar-refractivity contribution in [2.45, 2.75) is 26.2 Å². The molecule has 0 aliphatic heterocycles. The molecule has 27 heavy (non-hydrogen) atoms. The van der Waals surface area contributed by atoms with Gasteiger partial charge >= 0.3 is 0 Å². The standard InChI is InChI=1S/C24H22O3/c1-4-15-10-12-19-22(26)14(2)13-20(25)24(19,3)21(15)18-11-9-16-7-5-6-8-17(16)23(18)27/h4-11,13,19,21,27H,1,12H2,2-3H3. The van der Waals surface area contributed by atoms with Gasteiger partial charge in [0.1, 0.15) is 5.75 Å². The van der Waals surface area contributed by atoms with E-state index in [2.05, 4.69) is 6.58 Å². The Morgan fingerprint density at radius 3 is 2.67 bits per heavy atom. The third-order valence-electron chi connectivity index (χ3n) is 6.31. The number of benzene rings is 2. The number of rotatable bonds is 2. The first-order valence-electron chi connectivity index (χ1n) is 9.19. The first-order valence-corrected chi connectivity index (χ1v) is 9.19. The van der Waals surface area contributed by atoms with E-state index in [0.717, 1.165) is 16.3 Å². The fraction of sp³-hybridized carbons (Fsp3) is 0.250. The van der Waals surface area contributed by atoms with E-state index in [4.69, 9.17) is 0 Å². The molecule has 0 spiro atoms. The van der Waals surface area contributed by atoms with E-state index in [1.54, 1.807) is 13.0 Å². The summed E-state index contributed by atoms with van der Waals surface area (Å²) in [6.45, 7) is 7.48. The minimum atomic E-state index is -0.936. The number of carbonyl (C=O) groups excluding carboxylic acids is 2. The van der Waals surface area contributed by atoms with Crippen LogP contribution in [-0.2, 0) is 9.59 Å². The smallest absolute Gasteiger partial charge is 0.163 e. The predicted molar refractivity (Wildman–Crippen MR) is 107 cm³/mol. The molecule has 2 aliphatic rings. The summed E-state index contributed by atoms with van der Waals surface area (Å²) in [5.41, 5.74) is 1.13. The van der Waals surface area contributed by atoms with Crippen molar-refractivity contribution in [2.24, 2.45) is 11.3 Å². The summed E-state index contributed by atoms with van der Waals surface area (Å²) in [6.07, 6.45) is 5.71. The molecule has 4 rings (SSSR count). The molecule has 0 heterocycles. The molecule has 3 atom stereocenters. The lowest BCUT2D eigenvalue weighted by Gasteiger charge is -2.47. The summed E-state index contributed by atoms with van der Waals surface area (Å²) in [7, 11) is 0. The summed E-state index contributed by atoms with van der Waals surface area (Å²) in [5.74, 6) is -0.718. The van der Waals surface area contributed by atoms with Gasteiger partial charge < -0.3 is 5.11 Å². The van der Waals surface area contributed by atoms with Gasteiger partial charge in [0, 0.05) is 22.8 Å². The molecule has 0 fully saturated rings. The van der Waals surface area contributed by atoms with Crippen LogP contribution in [0.15, 0.2) is 72.4 Å². The van der Waals surface area contributed by atoms with Crippen molar-refractivity contribution in [2.75, 3.05) is 0 Å². The van der Waals surface area contributed by atoms with Crippen molar-refractivity contribution in [1.82, 2.24) is 0 Å². The summed E-state index contributed by atoms with van der Waals surface area (Å²) < 4.78 is 0. The SMILES string of the molecule is C=CC1=CCC2C(=O)C(C)=CC(=O)C2(C)C1c1ccc2ccccc2c1O. The monoisotopic (exact) mass is 358 g/mol. The van der Waals surface area contributed by atoms with E-state index < -0.39 is 17.3 Å². The number of Topliss-reactive ketones (excluding diaryl/α,β-unsaturated/α-hetero) is 1. The number of ketones is 2. The molecule has 3 heteroatoms. The third kappa shape index (κ3) is 2.34. The highest BCUT2D eigenvalue weighted by Crippen LogP contribution is 2.56. The van der Waals surface area contributed by atoms with Gasteiger partial charge in [0.25, 0.3) is 0 Å². The Hall–Kier alpha value is -2.94. The molecule has 2 aromatic carbocycles. The van der Waals surface area contributed by atoms with Crippen molar-refractivity contribution in [3.8, 4) is 5.75 Å². The fourth-order valence-electron chi connectivity index (χ4n) is 4.76. The zero-order chi connectivity index (χ0) is 19.3. The van der Waals surface area contributed by atoms with Crippen LogP contribution in [0.25, 0.3) is 10.8 Å². The molecular weight excluding hydrogens is 336 g/mol. The van der Waals surface area contributed by atoms with Crippen LogP contribution < -0.4 is 0 Å². The first-order chi connectivity index (χ1) is 12.9. The fourth-order valence-corrected chi connectivity index (χ4v) is 4.76. The zero-order valence-electron chi connectivity index (χ0n) is 15.5. The average molecular weight is 358 g/mol. The minimum absolute atomic E-state index is 0.0155.